The van der Waals surface area contributed by atoms with Crippen molar-refractivity contribution < 1.29 is 9.18 Å². The second-order valence-electron chi connectivity index (χ2n) is 6.70. The number of H-pyrrole nitrogens is 1. The zero-order valence-corrected chi connectivity index (χ0v) is 15.2. The maximum Gasteiger partial charge on any atom is 0.253 e. The van der Waals surface area contributed by atoms with Gasteiger partial charge in [-0.25, -0.2) is 14.4 Å². The number of aromatic amines is 1. The van der Waals surface area contributed by atoms with Crippen LogP contribution in [0.25, 0.3) is 22.3 Å². The Morgan fingerprint density at radius 1 is 1.37 bits per heavy atom. The van der Waals surface area contributed by atoms with Gasteiger partial charge in [-0.3, -0.25) is 4.79 Å². The standard InChI is InChI=1S/C20H20FN5O/c1-4-10(2)23-19-11(3)24-15-6-5-13(21)17(18(15)26-19)16-9-12-14(25-16)7-8-22-20(12)27/h4-6,9-10,25H,1,7-8H2,2-3H3,(H,22,27)(H,23,26)/t10-/m0/s1. The molecule has 1 amide bonds. The molecule has 0 saturated carbocycles. The first-order valence-electron chi connectivity index (χ1n) is 8.84. The van der Waals surface area contributed by atoms with Gasteiger partial charge in [0, 0.05) is 24.7 Å². The Labute approximate surface area is 155 Å². The number of hydrogen-bond acceptors (Lipinski definition) is 4. The van der Waals surface area contributed by atoms with Crippen molar-refractivity contribution in [3.05, 3.63) is 53.6 Å². The Morgan fingerprint density at radius 2 is 2.19 bits per heavy atom. The third-order valence-electron chi connectivity index (χ3n) is 4.75. The number of carbonyl (C=O) groups excluding carboxylic acids is 1. The molecule has 4 rings (SSSR count). The average Bonchev–Trinajstić information content (AvgIpc) is 3.07. The highest BCUT2D eigenvalue weighted by Gasteiger charge is 2.23. The molecule has 1 aromatic carbocycles. The fraction of sp³-hybridized carbons (Fsp3) is 0.250. The molecule has 3 N–H and O–H groups in total. The number of benzene rings is 1. The van der Waals surface area contributed by atoms with E-state index in [1.165, 1.54) is 6.07 Å². The van der Waals surface area contributed by atoms with Crippen LogP contribution >= 0.6 is 0 Å². The van der Waals surface area contributed by atoms with E-state index in [2.05, 4.69) is 32.2 Å². The van der Waals surface area contributed by atoms with Crippen molar-refractivity contribution in [1.29, 1.82) is 0 Å². The highest BCUT2D eigenvalue weighted by Crippen LogP contribution is 2.32. The number of nitrogens with one attached hydrogen (secondary N) is 3. The summed E-state index contributed by atoms with van der Waals surface area (Å²) in [5, 5.41) is 6.02. The topological polar surface area (TPSA) is 82.7 Å². The van der Waals surface area contributed by atoms with Gasteiger partial charge < -0.3 is 15.6 Å². The molecule has 27 heavy (non-hydrogen) atoms. The molecule has 0 bridgehead atoms. The molecule has 6 nitrogen and oxygen atoms in total. The molecule has 0 aliphatic carbocycles. The van der Waals surface area contributed by atoms with Crippen LogP contribution in [-0.2, 0) is 6.42 Å². The number of nitrogens with zero attached hydrogens (tertiary/aromatic N) is 2. The number of halogens is 1. The first-order chi connectivity index (χ1) is 13.0. The van der Waals surface area contributed by atoms with Gasteiger partial charge in [0.15, 0.2) is 0 Å². The Balaban J connectivity index is 1.92. The van der Waals surface area contributed by atoms with E-state index in [1.54, 1.807) is 18.2 Å². The molecule has 3 aromatic rings. The summed E-state index contributed by atoms with van der Waals surface area (Å²) in [7, 11) is 0. The molecule has 0 fully saturated rings. The number of anilines is 1. The van der Waals surface area contributed by atoms with Gasteiger partial charge in [-0.1, -0.05) is 6.08 Å². The van der Waals surface area contributed by atoms with Crippen molar-refractivity contribution >= 4 is 22.8 Å². The van der Waals surface area contributed by atoms with E-state index in [1.807, 2.05) is 13.8 Å². The van der Waals surface area contributed by atoms with Crippen LogP contribution < -0.4 is 10.6 Å². The van der Waals surface area contributed by atoms with Gasteiger partial charge in [-0.2, -0.15) is 0 Å². The van der Waals surface area contributed by atoms with Crippen molar-refractivity contribution in [2.24, 2.45) is 0 Å². The largest absolute Gasteiger partial charge is 0.363 e. The van der Waals surface area contributed by atoms with Crippen LogP contribution in [0.2, 0.25) is 0 Å². The van der Waals surface area contributed by atoms with E-state index in [9.17, 15) is 9.18 Å². The average molecular weight is 365 g/mol. The predicted octanol–water partition coefficient (Wildman–Crippen LogP) is 3.34. The van der Waals surface area contributed by atoms with E-state index in [4.69, 9.17) is 0 Å². The smallest absolute Gasteiger partial charge is 0.253 e. The molecule has 0 unspecified atom stereocenters. The number of aryl methyl sites for hydroxylation is 1. The SMILES string of the molecule is C=C[C@H](C)Nc1nc2c(-c3cc4c([nH]3)CCNC4=O)c(F)ccc2nc1C. The zero-order chi connectivity index (χ0) is 19.1. The Hall–Kier alpha value is -3.22. The van der Waals surface area contributed by atoms with Crippen molar-refractivity contribution in [3.63, 3.8) is 0 Å². The van der Waals surface area contributed by atoms with Crippen molar-refractivity contribution in [3.8, 4) is 11.3 Å². The minimum Gasteiger partial charge on any atom is -0.363 e. The lowest BCUT2D eigenvalue weighted by Gasteiger charge is -2.14. The van der Waals surface area contributed by atoms with Crippen LogP contribution in [-0.4, -0.2) is 33.4 Å². The summed E-state index contributed by atoms with van der Waals surface area (Å²) < 4.78 is 14.8. The summed E-state index contributed by atoms with van der Waals surface area (Å²) in [6, 6.07) is 4.67. The molecule has 3 heterocycles. The lowest BCUT2D eigenvalue weighted by atomic mass is 10.1. The van der Waals surface area contributed by atoms with Crippen molar-refractivity contribution in [2.75, 3.05) is 11.9 Å². The van der Waals surface area contributed by atoms with E-state index in [-0.39, 0.29) is 11.9 Å². The van der Waals surface area contributed by atoms with Gasteiger partial charge in [-0.15, -0.1) is 6.58 Å². The van der Waals surface area contributed by atoms with E-state index in [0.29, 0.717) is 46.6 Å². The van der Waals surface area contributed by atoms with Crippen LogP contribution in [0.15, 0.2) is 30.9 Å². The molecule has 2 aromatic heterocycles. The molecule has 138 valence electrons. The van der Waals surface area contributed by atoms with Crippen molar-refractivity contribution in [1.82, 2.24) is 20.3 Å². The van der Waals surface area contributed by atoms with Crippen molar-refractivity contribution in [2.45, 2.75) is 26.3 Å². The fourth-order valence-corrected chi connectivity index (χ4v) is 3.28. The number of fused-ring (bicyclic) bond motifs is 2. The molecule has 1 atom stereocenters. The Kier molecular flexibility index (Phi) is 4.14. The molecular weight excluding hydrogens is 345 g/mol. The second kappa shape index (κ2) is 6.50. The number of rotatable bonds is 4. The monoisotopic (exact) mass is 365 g/mol. The zero-order valence-electron chi connectivity index (χ0n) is 15.2. The summed E-state index contributed by atoms with van der Waals surface area (Å²) in [6.45, 7) is 8.12. The fourth-order valence-electron chi connectivity index (χ4n) is 3.28. The van der Waals surface area contributed by atoms with Crippen LogP contribution in [0.3, 0.4) is 0 Å². The third kappa shape index (κ3) is 2.95. The number of aromatic nitrogens is 3. The summed E-state index contributed by atoms with van der Waals surface area (Å²) in [4.78, 5) is 24.5. The predicted molar refractivity (Wildman–Crippen MR) is 103 cm³/mol. The van der Waals surface area contributed by atoms with E-state index < -0.39 is 5.82 Å². The van der Waals surface area contributed by atoms with Crippen LogP contribution in [0.4, 0.5) is 10.2 Å². The lowest BCUT2D eigenvalue weighted by Crippen LogP contribution is -2.31. The van der Waals surface area contributed by atoms with E-state index in [0.717, 1.165) is 11.4 Å². The second-order valence-corrected chi connectivity index (χ2v) is 6.70. The summed E-state index contributed by atoms with van der Waals surface area (Å²) in [5.74, 6) is 0.0154. The molecule has 0 spiro atoms. The third-order valence-corrected chi connectivity index (χ3v) is 4.75. The highest BCUT2D eigenvalue weighted by molar-refractivity contribution is 5.99. The molecule has 1 aliphatic heterocycles. The van der Waals surface area contributed by atoms with Gasteiger partial charge in [0.25, 0.3) is 5.91 Å². The van der Waals surface area contributed by atoms with E-state index >= 15 is 0 Å². The molecular formula is C20H20FN5O. The number of carbonyl (C=O) groups is 1. The van der Waals surface area contributed by atoms with Gasteiger partial charge in [-0.05, 0) is 32.0 Å². The number of hydrogen-bond donors (Lipinski definition) is 3. The summed E-state index contributed by atoms with van der Waals surface area (Å²) in [6.07, 6.45) is 2.44. The maximum atomic E-state index is 14.8. The summed E-state index contributed by atoms with van der Waals surface area (Å²) in [5.41, 5.74) is 3.96. The van der Waals surface area contributed by atoms with Crippen LogP contribution in [0.1, 0.15) is 28.7 Å². The Morgan fingerprint density at radius 3 is 2.93 bits per heavy atom. The molecule has 7 heteroatoms. The van der Waals surface area contributed by atoms with Crippen LogP contribution in [0, 0.1) is 12.7 Å². The first-order valence-corrected chi connectivity index (χ1v) is 8.84. The minimum atomic E-state index is -0.414. The van der Waals surface area contributed by atoms with Crippen LogP contribution in [0.5, 0.6) is 0 Å². The Bertz CT molecular complexity index is 1070. The maximum absolute atomic E-state index is 14.8. The first kappa shape index (κ1) is 17.2. The quantitative estimate of drug-likeness (QED) is 0.619. The molecule has 0 saturated heterocycles. The normalized spacial score (nSPS) is 14.6. The minimum absolute atomic E-state index is 0.00560. The summed E-state index contributed by atoms with van der Waals surface area (Å²) >= 11 is 0. The van der Waals surface area contributed by atoms with Gasteiger partial charge in [0.05, 0.1) is 28.0 Å². The number of amides is 1. The molecule has 1 aliphatic rings. The highest BCUT2D eigenvalue weighted by atomic mass is 19.1. The lowest BCUT2D eigenvalue weighted by molar-refractivity contribution is 0.0946. The van der Waals surface area contributed by atoms with Gasteiger partial charge in [0.2, 0.25) is 0 Å². The van der Waals surface area contributed by atoms with Gasteiger partial charge in [0.1, 0.15) is 17.2 Å². The van der Waals surface area contributed by atoms with Gasteiger partial charge >= 0.3 is 0 Å². The molecule has 0 radical (unpaired) electrons.